The van der Waals surface area contributed by atoms with E-state index in [1.165, 1.54) is 37.4 Å². The predicted molar refractivity (Wildman–Crippen MR) is 116 cm³/mol. The molecule has 0 aliphatic heterocycles. The number of carbonyl (C=O) groups is 2. The lowest BCUT2D eigenvalue weighted by Crippen LogP contribution is -2.21. The fourth-order valence-electron chi connectivity index (χ4n) is 2.65. The Morgan fingerprint density at radius 3 is 2.19 bits per heavy atom. The highest BCUT2D eigenvalue weighted by molar-refractivity contribution is 7.92. The van der Waals surface area contributed by atoms with Crippen molar-refractivity contribution in [2.45, 2.75) is 4.90 Å². The molecule has 0 radical (unpaired) electrons. The highest BCUT2D eigenvalue weighted by atomic mass is 32.2. The minimum Gasteiger partial charge on any atom is -0.484 e. The second-order valence-corrected chi connectivity index (χ2v) is 8.00. The SMILES string of the molecule is COC(=O)c1ccccc1NC(=O)COc1ccc(S(=O)(=O)Nc2ccccc2)cc1. The van der Waals surface area contributed by atoms with Crippen LogP contribution in [0.15, 0.2) is 83.8 Å². The van der Waals surface area contributed by atoms with Crippen molar-refractivity contribution in [3.63, 3.8) is 0 Å². The van der Waals surface area contributed by atoms with Crippen molar-refractivity contribution in [1.82, 2.24) is 0 Å². The third-order valence-electron chi connectivity index (χ3n) is 4.14. The molecule has 0 heterocycles. The Morgan fingerprint density at radius 2 is 1.52 bits per heavy atom. The zero-order valence-corrected chi connectivity index (χ0v) is 17.4. The standard InChI is InChI=1S/C22H20N2O6S/c1-29-22(26)19-9-5-6-10-20(19)23-21(25)15-30-17-11-13-18(14-12-17)31(27,28)24-16-7-3-2-4-8-16/h2-14,24H,15H2,1H3,(H,23,25). The second kappa shape index (κ2) is 9.77. The minimum atomic E-state index is -3.75. The summed E-state index contributed by atoms with van der Waals surface area (Å²) < 4.78 is 37.5. The van der Waals surface area contributed by atoms with Crippen LogP contribution in [0.4, 0.5) is 11.4 Å². The lowest BCUT2D eigenvalue weighted by molar-refractivity contribution is -0.118. The third-order valence-corrected chi connectivity index (χ3v) is 5.53. The highest BCUT2D eigenvalue weighted by Crippen LogP contribution is 2.20. The van der Waals surface area contributed by atoms with Crippen LogP contribution in [0.1, 0.15) is 10.4 Å². The van der Waals surface area contributed by atoms with Gasteiger partial charge in [-0.2, -0.15) is 0 Å². The van der Waals surface area contributed by atoms with Gasteiger partial charge in [0.25, 0.3) is 15.9 Å². The zero-order chi connectivity index (χ0) is 22.3. The van der Waals surface area contributed by atoms with Crippen molar-refractivity contribution < 1.29 is 27.5 Å². The van der Waals surface area contributed by atoms with Crippen LogP contribution in [0.5, 0.6) is 5.75 Å². The molecule has 0 aliphatic carbocycles. The average molecular weight is 440 g/mol. The van der Waals surface area contributed by atoms with Crippen LogP contribution in [-0.4, -0.2) is 34.0 Å². The quantitative estimate of drug-likeness (QED) is 0.520. The molecule has 1 amide bonds. The molecule has 2 N–H and O–H groups in total. The lowest BCUT2D eigenvalue weighted by Gasteiger charge is -2.11. The minimum absolute atomic E-state index is 0.0557. The van der Waals surface area contributed by atoms with Gasteiger partial charge in [-0.05, 0) is 48.5 Å². The Bertz CT molecular complexity index is 1160. The summed E-state index contributed by atoms with van der Waals surface area (Å²) in [6.07, 6.45) is 0. The first-order valence-electron chi connectivity index (χ1n) is 9.17. The molecule has 9 heteroatoms. The van der Waals surface area contributed by atoms with Crippen LogP contribution in [0.3, 0.4) is 0 Å². The molecule has 0 aromatic heterocycles. The maximum atomic E-state index is 12.4. The van der Waals surface area contributed by atoms with Gasteiger partial charge in [-0.15, -0.1) is 0 Å². The summed E-state index contributed by atoms with van der Waals surface area (Å²) in [5.74, 6) is -0.744. The van der Waals surface area contributed by atoms with Crippen LogP contribution in [0, 0.1) is 0 Å². The number of sulfonamides is 1. The molecule has 0 fully saturated rings. The second-order valence-electron chi connectivity index (χ2n) is 6.32. The van der Waals surface area contributed by atoms with E-state index in [9.17, 15) is 18.0 Å². The normalized spacial score (nSPS) is 10.7. The number of anilines is 2. The Labute approximate surface area is 179 Å². The number of amides is 1. The first kappa shape index (κ1) is 21.8. The summed E-state index contributed by atoms with van der Waals surface area (Å²) in [6, 6.07) is 20.6. The Balaban J connectivity index is 1.59. The summed E-state index contributed by atoms with van der Waals surface area (Å²) in [7, 11) is -2.49. The van der Waals surface area contributed by atoms with Crippen molar-refractivity contribution in [3.05, 3.63) is 84.4 Å². The molecule has 3 aromatic rings. The Morgan fingerprint density at radius 1 is 0.871 bits per heavy atom. The summed E-state index contributed by atoms with van der Waals surface area (Å²) in [6.45, 7) is -0.329. The number of benzene rings is 3. The Hall–Kier alpha value is -3.85. The molecule has 0 saturated carbocycles. The van der Waals surface area contributed by atoms with Crippen molar-refractivity contribution >= 4 is 33.3 Å². The monoisotopic (exact) mass is 440 g/mol. The van der Waals surface area contributed by atoms with Crippen LogP contribution < -0.4 is 14.8 Å². The molecule has 0 unspecified atom stereocenters. The fraction of sp³-hybridized carbons (Fsp3) is 0.0909. The topological polar surface area (TPSA) is 111 Å². The van der Waals surface area contributed by atoms with Gasteiger partial charge >= 0.3 is 5.97 Å². The number of para-hydroxylation sites is 2. The van der Waals surface area contributed by atoms with E-state index >= 15 is 0 Å². The number of hydrogen-bond donors (Lipinski definition) is 2. The van der Waals surface area contributed by atoms with Crippen molar-refractivity contribution in [3.8, 4) is 5.75 Å². The van der Waals surface area contributed by atoms with Crippen molar-refractivity contribution in [1.29, 1.82) is 0 Å². The number of esters is 1. The summed E-state index contributed by atoms with van der Waals surface area (Å²) in [4.78, 5) is 24.0. The molecular weight excluding hydrogens is 420 g/mol. The van der Waals surface area contributed by atoms with Crippen LogP contribution in [0.25, 0.3) is 0 Å². The molecule has 3 aromatic carbocycles. The van der Waals surface area contributed by atoms with E-state index in [0.717, 1.165) is 0 Å². The van der Waals surface area contributed by atoms with Crippen LogP contribution >= 0.6 is 0 Å². The fourth-order valence-corrected chi connectivity index (χ4v) is 3.71. The summed E-state index contributed by atoms with van der Waals surface area (Å²) in [5, 5.41) is 2.59. The molecule has 160 valence electrons. The van der Waals surface area contributed by atoms with E-state index in [1.54, 1.807) is 48.5 Å². The maximum Gasteiger partial charge on any atom is 0.339 e. The molecule has 0 bridgehead atoms. The van der Waals surface area contributed by atoms with Gasteiger partial charge in [0, 0.05) is 5.69 Å². The molecule has 31 heavy (non-hydrogen) atoms. The molecular formula is C22H20N2O6S. The number of rotatable bonds is 8. The maximum absolute atomic E-state index is 12.4. The molecule has 0 spiro atoms. The third kappa shape index (κ3) is 5.83. The largest absolute Gasteiger partial charge is 0.484 e. The molecule has 0 atom stereocenters. The smallest absolute Gasteiger partial charge is 0.339 e. The first-order chi connectivity index (χ1) is 14.9. The highest BCUT2D eigenvalue weighted by Gasteiger charge is 2.15. The van der Waals surface area contributed by atoms with Crippen molar-refractivity contribution in [2.75, 3.05) is 23.8 Å². The van der Waals surface area contributed by atoms with Gasteiger partial charge < -0.3 is 14.8 Å². The van der Waals surface area contributed by atoms with Gasteiger partial charge in [0.2, 0.25) is 0 Å². The first-order valence-corrected chi connectivity index (χ1v) is 10.7. The number of methoxy groups -OCH3 is 1. The van der Waals surface area contributed by atoms with E-state index < -0.39 is 21.9 Å². The van der Waals surface area contributed by atoms with Crippen LogP contribution in [0.2, 0.25) is 0 Å². The summed E-state index contributed by atoms with van der Waals surface area (Å²) >= 11 is 0. The van der Waals surface area contributed by atoms with Gasteiger partial charge in [-0.1, -0.05) is 30.3 Å². The number of nitrogens with one attached hydrogen (secondary N) is 2. The van der Waals surface area contributed by atoms with Crippen LogP contribution in [-0.2, 0) is 19.6 Å². The van der Waals surface area contributed by atoms with E-state index in [-0.39, 0.29) is 17.1 Å². The van der Waals surface area contributed by atoms with Gasteiger partial charge in [0.1, 0.15) is 5.75 Å². The van der Waals surface area contributed by atoms with Gasteiger partial charge in [-0.25, -0.2) is 13.2 Å². The van der Waals surface area contributed by atoms with Gasteiger partial charge in [0.15, 0.2) is 6.61 Å². The average Bonchev–Trinajstić information content (AvgIpc) is 2.78. The Kier molecular flexibility index (Phi) is 6.88. The van der Waals surface area contributed by atoms with Gasteiger partial charge in [-0.3, -0.25) is 9.52 Å². The van der Waals surface area contributed by atoms with E-state index in [0.29, 0.717) is 17.1 Å². The molecule has 0 aliphatic rings. The molecule has 8 nitrogen and oxygen atoms in total. The zero-order valence-electron chi connectivity index (χ0n) is 16.6. The number of ether oxygens (including phenoxy) is 2. The van der Waals surface area contributed by atoms with Gasteiger partial charge in [0.05, 0.1) is 23.3 Å². The summed E-state index contributed by atoms with van der Waals surface area (Å²) in [5.41, 5.74) is 0.974. The van der Waals surface area contributed by atoms with E-state index in [2.05, 4.69) is 14.8 Å². The van der Waals surface area contributed by atoms with E-state index in [1.807, 2.05) is 0 Å². The predicted octanol–water partition coefficient (Wildman–Crippen LogP) is 3.29. The lowest BCUT2D eigenvalue weighted by atomic mass is 10.2. The number of hydrogen-bond acceptors (Lipinski definition) is 6. The van der Waals surface area contributed by atoms with E-state index in [4.69, 9.17) is 4.74 Å². The molecule has 3 rings (SSSR count). The number of carbonyl (C=O) groups excluding carboxylic acids is 2. The molecule has 0 saturated heterocycles. The van der Waals surface area contributed by atoms with Crippen molar-refractivity contribution in [2.24, 2.45) is 0 Å².